The maximum Gasteiger partial charge on any atom is 0.168 e. The van der Waals surface area contributed by atoms with Crippen molar-refractivity contribution in [2.75, 3.05) is 18.5 Å². The molecule has 0 aromatic carbocycles. The summed E-state index contributed by atoms with van der Waals surface area (Å²) in [6, 6.07) is 3.79. The van der Waals surface area contributed by atoms with Gasteiger partial charge in [-0.1, -0.05) is 0 Å². The molecule has 0 fully saturated rings. The predicted octanol–water partition coefficient (Wildman–Crippen LogP) is 2.59. The fraction of sp³-hybridized carbons (Fsp3) is 0.333. The summed E-state index contributed by atoms with van der Waals surface area (Å²) in [5, 5.41) is 5.32. The molecule has 2 heterocycles. The fourth-order valence-electron chi connectivity index (χ4n) is 1.47. The molecular formula is C12H15N3OS. The molecule has 90 valence electrons. The van der Waals surface area contributed by atoms with Gasteiger partial charge in [-0.15, -0.1) is 11.3 Å². The van der Waals surface area contributed by atoms with Crippen molar-refractivity contribution in [1.29, 1.82) is 0 Å². The van der Waals surface area contributed by atoms with Crippen LogP contribution < -0.4 is 10.1 Å². The average molecular weight is 249 g/mol. The Morgan fingerprint density at radius 1 is 1.41 bits per heavy atom. The maximum atomic E-state index is 5.49. The fourth-order valence-corrected chi connectivity index (χ4v) is 2.06. The zero-order valence-electron chi connectivity index (χ0n) is 9.72. The van der Waals surface area contributed by atoms with Gasteiger partial charge in [-0.25, -0.2) is 9.97 Å². The van der Waals surface area contributed by atoms with Crippen molar-refractivity contribution in [3.63, 3.8) is 0 Å². The van der Waals surface area contributed by atoms with Gasteiger partial charge in [0.1, 0.15) is 0 Å². The number of anilines is 1. The molecule has 0 radical (unpaired) electrons. The van der Waals surface area contributed by atoms with Crippen LogP contribution in [0.15, 0.2) is 29.2 Å². The highest BCUT2D eigenvalue weighted by atomic mass is 32.1. The Bertz CT molecular complexity index is 445. The van der Waals surface area contributed by atoms with Crippen LogP contribution in [0.1, 0.15) is 12.6 Å². The van der Waals surface area contributed by atoms with Crippen LogP contribution in [0.2, 0.25) is 0 Å². The molecule has 17 heavy (non-hydrogen) atoms. The van der Waals surface area contributed by atoms with E-state index in [2.05, 4.69) is 20.7 Å². The van der Waals surface area contributed by atoms with Crippen LogP contribution in [0.25, 0.3) is 0 Å². The van der Waals surface area contributed by atoms with Crippen molar-refractivity contribution in [3.05, 3.63) is 34.9 Å². The van der Waals surface area contributed by atoms with Gasteiger partial charge in [0, 0.05) is 24.5 Å². The summed E-state index contributed by atoms with van der Waals surface area (Å²) < 4.78 is 5.49. The molecule has 4 nitrogen and oxygen atoms in total. The first-order chi connectivity index (χ1) is 8.40. The SMILES string of the molecule is CCOc1cccnc1NCCc1cscn1. The molecule has 2 aromatic heterocycles. The van der Waals surface area contributed by atoms with E-state index in [1.54, 1.807) is 17.5 Å². The molecule has 0 unspecified atom stereocenters. The first kappa shape index (κ1) is 11.9. The zero-order valence-corrected chi connectivity index (χ0v) is 10.5. The lowest BCUT2D eigenvalue weighted by Crippen LogP contribution is -2.08. The van der Waals surface area contributed by atoms with Gasteiger partial charge in [0.2, 0.25) is 0 Å². The Morgan fingerprint density at radius 2 is 2.35 bits per heavy atom. The molecule has 0 bridgehead atoms. The van der Waals surface area contributed by atoms with Gasteiger partial charge in [0.15, 0.2) is 11.6 Å². The van der Waals surface area contributed by atoms with Crippen LogP contribution in [-0.4, -0.2) is 23.1 Å². The van der Waals surface area contributed by atoms with Crippen molar-refractivity contribution in [3.8, 4) is 5.75 Å². The number of ether oxygens (including phenoxy) is 1. The molecule has 2 aromatic rings. The largest absolute Gasteiger partial charge is 0.490 e. The Kier molecular flexibility index (Phi) is 4.32. The number of pyridine rings is 1. The molecule has 5 heteroatoms. The number of hydrogen-bond donors (Lipinski definition) is 1. The van der Waals surface area contributed by atoms with Crippen LogP contribution in [0.5, 0.6) is 5.75 Å². The van der Waals surface area contributed by atoms with Gasteiger partial charge in [-0.05, 0) is 19.1 Å². The third-order valence-corrected chi connectivity index (χ3v) is 2.86. The van der Waals surface area contributed by atoms with E-state index in [1.165, 1.54) is 0 Å². The van der Waals surface area contributed by atoms with E-state index in [9.17, 15) is 0 Å². The van der Waals surface area contributed by atoms with E-state index < -0.39 is 0 Å². The molecule has 0 atom stereocenters. The number of rotatable bonds is 6. The highest BCUT2D eigenvalue weighted by Gasteiger charge is 2.03. The quantitative estimate of drug-likeness (QED) is 0.854. The van der Waals surface area contributed by atoms with Crippen LogP contribution in [-0.2, 0) is 6.42 Å². The number of thiazole rings is 1. The lowest BCUT2D eigenvalue weighted by molar-refractivity contribution is 0.340. The normalized spacial score (nSPS) is 10.2. The number of hydrogen-bond acceptors (Lipinski definition) is 5. The molecule has 0 saturated heterocycles. The van der Waals surface area contributed by atoms with Gasteiger partial charge in [0.25, 0.3) is 0 Å². The summed E-state index contributed by atoms with van der Waals surface area (Å²) in [5.74, 6) is 1.60. The minimum atomic E-state index is 0.645. The molecule has 0 aliphatic carbocycles. The summed E-state index contributed by atoms with van der Waals surface area (Å²) in [7, 11) is 0. The second-order valence-electron chi connectivity index (χ2n) is 3.44. The molecule has 0 spiro atoms. The molecule has 0 amide bonds. The minimum Gasteiger partial charge on any atom is -0.490 e. The van der Waals surface area contributed by atoms with Crippen LogP contribution in [0.4, 0.5) is 5.82 Å². The number of aromatic nitrogens is 2. The van der Waals surface area contributed by atoms with Crippen LogP contribution in [0.3, 0.4) is 0 Å². The number of nitrogens with zero attached hydrogens (tertiary/aromatic N) is 2. The van der Waals surface area contributed by atoms with Gasteiger partial charge < -0.3 is 10.1 Å². The summed E-state index contributed by atoms with van der Waals surface area (Å²) in [6.45, 7) is 3.42. The van der Waals surface area contributed by atoms with E-state index >= 15 is 0 Å². The van der Waals surface area contributed by atoms with Gasteiger partial charge >= 0.3 is 0 Å². The van der Waals surface area contributed by atoms with E-state index in [4.69, 9.17) is 4.74 Å². The van der Waals surface area contributed by atoms with Gasteiger partial charge in [-0.2, -0.15) is 0 Å². The van der Waals surface area contributed by atoms with E-state index in [0.717, 1.165) is 30.2 Å². The Morgan fingerprint density at radius 3 is 3.12 bits per heavy atom. The molecule has 0 saturated carbocycles. The molecule has 0 aliphatic heterocycles. The Balaban J connectivity index is 1.89. The standard InChI is InChI=1S/C12H15N3OS/c1-2-16-11-4-3-6-13-12(11)14-7-5-10-8-17-9-15-10/h3-4,6,8-9H,2,5,7H2,1H3,(H,13,14). The zero-order chi connectivity index (χ0) is 11.9. The third kappa shape index (κ3) is 3.42. The van der Waals surface area contributed by atoms with Crippen LogP contribution >= 0.6 is 11.3 Å². The van der Waals surface area contributed by atoms with Crippen molar-refractivity contribution in [2.24, 2.45) is 0 Å². The molecule has 1 N–H and O–H groups in total. The lowest BCUT2D eigenvalue weighted by Gasteiger charge is -2.10. The van der Waals surface area contributed by atoms with Crippen LogP contribution in [0, 0.1) is 0 Å². The van der Waals surface area contributed by atoms with E-state index in [0.29, 0.717) is 6.61 Å². The Hall–Kier alpha value is -1.62. The highest BCUT2D eigenvalue weighted by Crippen LogP contribution is 2.20. The van der Waals surface area contributed by atoms with Gasteiger partial charge in [-0.3, -0.25) is 0 Å². The number of nitrogens with one attached hydrogen (secondary N) is 1. The molecule has 2 rings (SSSR count). The van der Waals surface area contributed by atoms with Gasteiger partial charge in [0.05, 0.1) is 17.8 Å². The minimum absolute atomic E-state index is 0.645. The smallest absolute Gasteiger partial charge is 0.168 e. The maximum absolute atomic E-state index is 5.49. The van der Waals surface area contributed by atoms with Crippen molar-refractivity contribution < 1.29 is 4.74 Å². The first-order valence-corrected chi connectivity index (χ1v) is 6.53. The van der Waals surface area contributed by atoms with Crippen molar-refractivity contribution in [2.45, 2.75) is 13.3 Å². The summed E-state index contributed by atoms with van der Waals surface area (Å²) >= 11 is 1.62. The van der Waals surface area contributed by atoms with Crippen molar-refractivity contribution >= 4 is 17.2 Å². The second-order valence-corrected chi connectivity index (χ2v) is 4.16. The summed E-state index contributed by atoms with van der Waals surface area (Å²) in [4.78, 5) is 8.50. The average Bonchev–Trinajstić information content (AvgIpc) is 2.85. The second kappa shape index (κ2) is 6.20. The third-order valence-electron chi connectivity index (χ3n) is 2.23. The van der Waals surface area contributed by atoms with E-state index in [-0.39, 0.29) is 0 Å². The van der Waals surface area contributed by atoms with E-state index in [1.807, 2.05) is 24.6 Å². The summed E-state index contributed by atoms with van der Waals surface area (Å²) in [6.07, 6.45) is 2.65. The highest BCUT2D eigenvalue weighted by molar-refractivity contribution is 7.07. The first-order valence-electron chi connectivity index (χ1n) is 5.59. The topological polar surface area (TPSA) is 47.0 Å². The van der Waals surface area contributed by atoms with Crippen molar-refractivity contribution in [1.82, 2.24) is 9.97 Å². The lowest BCUT2D eigenvalue weighted by atomic mass is 10.3. The monoisotopic (exact) mass is 249 g/mol. The predicted molar refractivity (Wildman–Crippen MR) is 69.7 cm³/mol. The summed E-state index contributed by atoms with van der Waals surface area (Å²) in [5.41, 5.74) is 2.96. The molecular weight excluding hydrogens is 234 g/mol. The Labute approximate surface area is 105 Å². The molecule has 0 aliphatic rings.